The minimum absolute atomic E-state index is 0.0227. The van der Waals surface area contributed by atoms with Crippen LogP contribution >= 0.6 is 57.7 Å². The average Bonchev–Trinajstić information content (AvgIpc) is 3.07. The second-order valence-electron chi connectivity index (χ2n) is 5.19. The van der Waals surface area contributed by atoms with Crippen LogP contribution in [0.2, 0.25) is 20.1 Å². The number of rotatable bonds is 5. The molecule has 28 heavy (non-hydrogen) atoms. The molecular weight excluding hydrogens is 490 g/mol. The molecule has 1 aromatic heterocycles. The monoisotopic (exact) mass is 496 g/mol. The average molecular weight is 498 g/mol. The van der Waals surface area contributed by atoms with Crippen LogP contribution in [0.5, 0.6) is 0 Å². The van der Waals surface area contributed by atoms with Crippen molar-refractivity contribution in [1.82, 2.24) is 10.2 Å². The molecule has 1 heterocycles. The summed E-state index contributed by atoms with van der Waals surface area (Å²) in [6.45, 7) is 0. The van der Waals surface area contributed by atoms with E-state index in [2.05, 4.69) is 20.2 Å². The number of hydrogen-bond donors (Lipinski definition) is 2. The summed E-state index contributed by atoms with van der Waals surface area (Å²) in [5.74, 6) is -0.584. The molecule has 0 unspecified atom stereocenters. The number of carbonyl (C=O) groups excluding carboxylic acids is 1. The first-order valence-corrected chi connectivity index (χ1v) is 11.0. The lowest BCUT2D eigenvalue weighted by Crippen LogP contribution is -2.12. The van der Waals surface area contributed by atoms with Crippen molar-refractivity contribution in [2.75, 3.05) is 10.0 Å². The fourth-order valence-electron chi connectivity index (χ4n) is 1.97. The van der Waals surface area contributed by atoms with Gasteiger partial charge in [-0.25, -0.2) is 0 Å². The Balaban J connectivity index is 1.77. The zero-order valence-electron chi connectivity index (χ0n) is 13.4. The van der Waals surface area contributed by atoms with Crippen LogP contribution in [-0.2, 0) is 10.0 Å². The van der Waals surface area contributed by atoms with Crippen LogP contribution in [0, 0.1) is 0 Å². The smallest absolute Gasteiger partial charge is 0.291 e. The van der Waals surface area contributed by atoms with Crippen LogP contribution < -0.4 is 10.0 Å². The van der Waals surface area contributed by atoms with Crippen molar-refractivity contribution in [3.05, 3.63) is 62.1 Å². The van der Waals surface area contributed by atoms with Gasteiger partial charge in [-0.3, -0.25) is 14.8 Å². The van der Waals surface area contributed by atoms with Gasteiger partial charge in [-0.05, 0) is 36.4 Å². The predicted molar refractivity (Wildman–Crippen MR) is 112 cm³/mol. The summed E-state index contributed by atoms with van der Waals surface area (Å²) in [6, 6.07) is 8.59. The highest BCUT2D eigenvalue weighted by Crippen LogP contribution is 2.28. The summed E-state index contributed by atoms with van der Waals surface area (Å²) in [7, 11) is -4.04. The fraction of sp³-hybridized carbons (Fsp3) is 0. The molecule has 0 aliphatic carbocycles. The second-order valence-corrected chi connectivity index (χ2v) is 9.68. The number of hydrogen-bond acceptors (Lipinski definition) is 6. The van der Waals surface area contributed by atoms with Gasteiger partial charge >= 0.3 is 0 Å². The van der Waals surface area contributed by atoms with Crippen LogP contribution in [0.15, 0.2) is 40.7 Å². The SMILES string of the molecule is O=C(Nc1nnc(S(=O)(=O)Nc2ccc(Cl)c(Cl)c2)s1)c1ccc(Cl)cc1Cl. The molecule has 2 aromatic carbocycles. The molecule has 0 saturated carbocycles. The van der Waals surface area contributed by atoms with E-state index in [-0.39, 0.29) is 35.8 Å². The Kier molecular flexibility index (Phi) is 6.33. The number of amides is 1. The number of halogens is 4. The molecule has 2 N–H and O–H groups in total. The summed E-state index contributed by atoms with van der Waals surface area (Å²) >= 11 is 24.1. The number of nitrogens with zero attached hydrogens (tertiary/aromatic N) is 2. The normalized spacial score (nSPS) is 11.3. The Bertz CT molecular complexity index is 1170. The quantitative estimate of drug-likeness (QED) is 0.471. The lowest BCUT2D eigenvalue weighted by atomic mass is 10.2. The molecule has 3 aromatic rings. The molecule has 146 valence electrons. The molecule has 7 nitrogen and oxygen atoms in total. The summed E-state index contributed by atoms with van der Waals surface area (Å²) in [5, 5.41) is 10.7. The summed E-state index contributed by atoms with van der Waals surface area (Å²) < 4.78 is 26.8. The van der Waals surface area contributed by atoms with Crippen LogP contribution in [0.3, 0.4) is 0 Å². The van der Waals surface area contributed by atoms with E-state index >= 15 is 0 Å². The van der Waals surface area contributed by atoms with Crippen molar-refractivity contribution in [1.29, 1.82) is 0 Å². The predicted octanol–water partition coefficient (Wildman–Crippen LogP) is 5.20. The van der Waals surface area contributed by atoms with E-state index in [0.29, 0.717) is 16.4 Å². The van der Waals surface area contributed by atoms with Crippen molar-refractivity contribution in [3.8, 4) is 0 Å². The molecule has 0 spiro atoms. The maximum absolute atomic E-state index is 12.4. The highest BCUT2D eigenvalue weighted by Gasteiger charge is 2.22. The minimum atomic E-state index is -4.04. The van der Waals surface area contributed by atoms with E-state index in [1.165, 1.54) is 36.4 Å². The maximum Gasteiger partial charge on any atom is 0.291 e. The molecule has 0 saturated heterocycles. The van der Waals surface area contributed by atoms with Crippen LogP contribution in [0.1, 0.15) is 10.4 Å². The summed E-state index contributed by atoms with van der Waals surface area (Å²) in [4.78, 5) is 12.3. The molecule has 0 aliphatic heterocycles. The third-order valence-electron chi connectivity index (χ3n) is 3.20. The van der Waals surface area contributed by atoms with Gasteiger partial charge in [-0.2, -0.15) is 8.42 Å². The van der Waals surface area contributed by atoms with E-state index in [0.717, 1.165) is 0 Å². The number of benzene rings is 2. The number of sulfonamides is 1. The second kappa shape index (κ2) is 8.40. The van der Waals surface area contributed by atoms with E-state index in [1.54, 1.807) is 0 Å². The van der Waals surface area contributed by atoms with Crippen molar-refractivity contribution in [2.45, 2.75) is 4.34 Å². The Morgan fingerprint density at radius 1 is 0.929 bits per heavy atom. The molecule has 0 atom stereocenters. The van der Waals surface area contributed by atoms with Gasteiger partial charge in [0.2, 0.25) is 5.13 Å². The molecule has 0 fully saturated rings. The molecule has 3 rings (SSSR count). The topological polar surface area (TPSA) is 101 Å². The Hall–Kier alpha value is -1.62. The van der Waals surface area contributed by atoms with Crippen LogP contribution in [0.4, 0.5) is 10.8 Å². The van der Waals surface area contributed by atoms with Gasteiger partial charge in [0.05, 0.1) is 26.3 Å². The molecule has 1 amide bonds. The maximum atomic E-state index is 12.4. The zero-order valence-corrected chi connectivity index (χ0v) is 18.1. The van der Waals surface area contributed by atoms with Gasteiger partial charge in [-0.1, -0.05) is 57.7 Å². The van der Waals surface area contributed by atoms with E-state index in [4.69, 9.17) is 46.4 Å². The molecule has 0 bridgehead atoms. The fourth-order valence-corrected chi connectivity index (χ4v) is 4.70. The first-order chi connectivity index (χ1) is 13.2. The first-order valence-electron chi connectivity index (χ1n) is 7.23. The highest BCUT2D eigenvalue weighted by molar-refractivity contribution is 7.94. The number of aromatic nitrogens is 2. The number of anilines is 2. The molecule has 0 radical (unpaired) electrons. The lowest BCUT2D eigenvalue weighted by Gasteiger charge is -2.06. The van der Waals surface area contributed by atoms with Gasteiger partial charge in [0.25, 0.3) is 20.3 Å². The first kappa shape index (κ1) is 21.1. The summed E-state index contributed by atoms with van der Waals surface area (Å²) in [5.41, 5.74) is 0.350. The third-order valence-corrected chi connectivity index (χ3v) is 7.08. The van der Waals surface area contributed by atoms with E-state index in [9.17, 15) is 13.2 Å². The van der Waals surface area contributed by atoms with Crippen molar-refractivity contribution in [3.63, 3.8) is 0 Å². The van der Waals surface area contributed by atoms with Gasteiger partial charge in [-0.15, -0.1) is 10.2 Å². The van der Waals surface area contributed by atoms with Gasteiger partial charge in [0.15, 0.2) is 0 Å². The molecule has 13 heteroatoms. The third kappa shape index (κ3) is 4.86. The van der Waals surface area contributed by atoms with Crippen LogP contribution in [0.25, 0.3) is 0 Å². The van der Waals surface area contributed by atoms with Crippen molar-refractivity contribution in [2.24, 2.45) is 0 Å². The van der Waals surface area contributed by atoms with Crippen molar-refractivity contribution < 1.29 is 13.2 Å². The molecule has 0 aliphatic rings. The largest absolute Gasteiger partial charge is 0.296 e. The number of nitrogens with one attached hydrogen (secondary N) is 2. The highest BCUT2D eigenvalue weighted by atomic mass is 35.5. The van der Waals surface area contributed by atoms with Crippen molar-refractivity contribution >= 4 is 84.5 Å². The Labute approximate surface area is 183 Å². The van der Waals surface area contributed by atoms with Gasteiger partial charge < -0.3 is 0 Å². The van der Waals surface area contributed by atoms with E-state index < -0.39 is 15.9 Å². The lowest BCUT2D eigenvalue weighted by molar-refractivity contribution is 0.102. The van der Waals surface area contributed by atoms with Gasteiger partial charge in [0.1, 0.15) is 0 Å². The summed E-state index contributed by atoms with van der Waals surface area (Å²) in [6.07, 6.45) is 0. The minimum Gasteiger partial charge on any atom is -0.296 e. The van der Waals surface area contributed by atoms with Crippen LogP contribution in [-0.4, -0.2) is 24.5 Å². The molecular formula is C15H8Cl4N4O3S2. The van der Waals surface area contributed by atoms with Gasteiger partial charge in [0, 0.05) is 5.02 Å². The zero-order chi connectivity index (χ0) is 20.5. The Morgan fingerprint density at radius 3 is 2.36 bits per heavy atom. The Morgan fingerprint density at radius 2 is 1.68 bits per heavy atom. The number of carbonyl (C=O) groups is 1. The van der Waals surface area contributed by atoms with E-state index in [1.807, 2.05) is 0 Å². The standard InChI is InChI=1S/C15H8Cl4N4O3S2/c16-7-1-3-9(11(18)5-7)13(24)20-14-21-22-15(27-14)28(25,26)23-8-2-4-10(17)12(19)6-8/h1-6,23H,(H,20,21,24).